The Morgan fingerprint density at radius 1 is 0.500 bits per heavy atom. The molecule has 0 unspecified atom stereocenters. The first-order chi connectivity index (χ1) is 31.4. The van der Waals surface area contributed by atoms with Gasteiger partial charge in [-0.15, -0.1) is 10.2 Å². The molecule has 1 aliphatic carbocycles. The van der Waals surface area contributed by atoms with Crippen molar-refractivity contribution >= 4 is 10.8 Å². The van der Waals surface area contributed by atoms with Crippen molar-refractivity contribution in [3.05, 3.63) is 176 Å². The maximum atomic E-state index is 11.9. The van der Waals surface area contributed by atoms with Gasteiger partial charge in [-0.25, -0.2) is 9.36 Å². The van der Waals surface area contributed by atoms with Crippen LogP contribution in [0, 0.1) is 0 Å². The number of hydrogen-bond donors (Lipinski definition) is 2. The average Bonchev–Trinajstić information content (AvgIpc) is 3.96. The number of phenolic OH excluding ortho intramolecular Hbond substituents is 2. The molecule has 0 saturated carbocycles. The fraction of sp³-hybridized carbons (Fsp3) is 0.269. The summed E-state index contributed by atoms with van der Waals surface area (Å²) in [5.74, 6) is 3.17. The van der Waals surface area contributed by atoms with E-state index in [0.717, 1.165) is 79.2 Å². The number of aromatic nitrogens is 6. The summed E-state index contributed by atoms with van der Waals surface area (Å²) < 4.78 is 30.5. The van der Waals surface area contributed by atoms with Crippen molar-refractivity contribution in [3.8, 4) is 34.5 Å². The highest BCUT2D eigenvalue weighted by molar-refractivity contribution is 5.93. The number of ether oxygens (including phenoxy) is 4. The average molecular weight is 855 g/mol. The molecule has 6 aromatic carbocycles. The van der Waals surface area contributed by atoms with Gasteiger partial charge in [-0.1, -0.05) is 121 Å². The molecule has 2 aromatic heterocycles. The summed E-state index contributed by atoms with van der Waals surface area (Å²) >= 11 is 0. The Morgan fingerprint density at radius 2 is 0.859 bits per heavy atom. The maximum Gasteiger partial charge on any atom is 0.167 e. The summed E-state index contributed by atoms with van der Waals surface area (Å²) in [5, 5.41) is 44.3. The predicted molar refractivity (Wildman–Crippen MR) is 243 cm³/mol. The highest BCUT2D eigenvalue weighted by Crippen LogP contribution is 2.44. The first-order valence-electron chi connectivity index (χ1n) is 22.1. The van der Waals surface area contributed by atoms with Crippen molar-refractivity contribution in [2.75, 3.05) is 13.2 Å². The Bertz CT molecular complexity index is 2710. The van der Waals surface area contributed by atoms with Gasteiger partial charge in [0.25, 0.3) is 0 Å². The quantitative estimate of drug-likeness (QED) is 0.167. The smallest absolute Gasteiger partial charge is 0.167 e. The van der Waals surface area contributed by atoms with Crippen molar-refractivity contribution in [1.82, 2.24) is 30.0 Å². The molecule has 8 aromatic rings. The molecule has 5 aliphatic rings. The van der Waals surface area contributed by atoms with Crippen molar-refractivity contribution in [2.45, 2.75) is 78.7 Å². The number of aromatic hydroxyl groups is 2. The third-order valence-corrected chi connectivity index (χ3v) is 12.1. The molecule has 2 N–H and O–H groups in total. The van der Waals surface area contributed by atoms with Crippen LogP contribution < -0.4 is 18.9 Å². The van der Waals surface area contributed by atoms with E-state index in [-0.39, 0.29) is 24.7 Å². The number of hydrogen-bond acceptors (Lipinski definition) is 10. The van der Waals surface area contributed by atoms with Gasteiger partial charge in [0.1, 0.15) is 47.6 Å². The van der Waals surface area contributed by atoms with Gasteiger partial charge in [-0.2, -0.15) is 0 Å². The number of nitrogens with zero attached hydrogens (tertiary/aromatic N) is 6. The second kappa shape index (κ2) is 17.8. The first-order valence-corrected chi connectivity index (χ1v) is 22.1. The van der Waals surface area contributed by atoms with E-state index in [1.54, 1.807) is 0 Å². The minimum absolute atomic E-state index is 0.142. The van der Waals surface area contributed by atoms with Crippen LogP contribution in [-0.2, 0) is 52.0 Å². The highest BCUT2D eigenvalue weighted by Gasteiger charge is 2.25. The Morgan fingerprint density at radius 3 is 1.22 bits per heavy atom. The summed E-state index contributed by atoms with van der Waals surface area (Å²) in [6, 6.07) is 32.3. The molecule has 6 heterocycles. The van der Waals surface area contributed by atoms with E-state index in [1.165, 1.54) is 0 Å². The van der Waals surface area contributed by atoms with Crippen LogP contribution in [0.25, 0.3) is 10.8 Å². The van der Waals surface area contributed by atoms with Gasteiger partial charge in [-0.3, -0.25) is 0 Å². The lowest BCUT2D eigenvalue weighted by atomic mass is 9.91. The molecular weight excluding hydrogens is 805 g/mol. The molecule has 0 fully saturated rings. The zero-order valence-corrected chi connectivity index (χ0v) is 36.1. The molecule has 0 atom stereocenters. The fourth-order valence-corrected chi connectivity index (χ4v) is 9.02. The zero-order valence-electron chi connectivity index (χ0n) is 36.1. The number of benzene rings is 6. The minimum Gasteiger partial charge on any atom is -0.507 e. The van der Waals surface area contributed by atoms with Crippen molar-refractivity contribution in [1.29, 1.82) is 0 Å². The topological polar surface area (TPSA) is 139 Å². The monoisotopic (exact) mass is 854 g/mol. The molecule has 13 rings (SSSR count). The van der Waals surface area contributed by atoms with Crippen LogP contribution in [0.5, 0.6) is 34.5 Å². The Kier molecular flexibility index (Phi) is 11.3. The van der Waals surface area contributed by atoms with Gasteiger partial charge in [-0.05, 0) is 68.1 Å². The second-order valence-corrected chi connectivity index (χ2v) is 16.6. The lowest BCUT2D eigenvalue weighted by molar-refractivity contribution is 0.263. The number of rotatable bonds is 6. The lowest BCUT2D eigenvalue weighted by Crippen LogP contribution is -2.12. The third kappa shape index (κ3) is 8.07. The summed E-state index contributed by atoms with van der Waals surface area (Å²) in [5.41, 5.74) is 9.82. The van der Waals surface area contributed by atoms with E-state index in [2.05, 4.69) is 46.6 Å². The van der Waals surface area contributed by atoms with Gasteiger partial charge in [0.05, 0.1) is 38.7 Å². The van der Waals surface area contributed by atoms with E-state index in [1.807, 2.05) is 107 Å². The highest BCUT2D eigenvalue weighted by atomic mass is 16.5. The Hall–Kier alpha value is -7.34. The molecule has 64 heavy (non-hydrogen) atoms. The van der Waals surface area contributed by atoms with Crippen LogP contribution in [0.3, 0.4) is 0 Å². The molecular formula is C52H50N6O6. The van der Waals surface area contributed by atoms with Crippen LogP contribution in [0.4, 0.5) is 0 Å². The van der Waals surface area contributed by atoms with E-state index >= 15 is 0 Å². The van der Waals surface area contributed by atoms with Gasteiger partial charge in [0.15, 0.2) is 11.5 Å². The molecule has 0 radical (unpaired) electrons. The molecule has 16 bridgehead atoms. The van der Waals surface area contributed by atoms with Crippen LogP contribution in [0.1, 0.15) is 93.7 Å². The normalized spacial score (nSPS) is 13.6. The maximum absolute atomic E-state index is 11.9. The summed E-state index contributed by atoms with van der Waals surface area (Å²) in [4.78, 5) is 0. The summed E-state index contributed by atoms with van der Waals surface area (Å²) in [6.07, 6.45) is 7.09. The Labute approximate surface area is 371 Å². The standard InChI is InChI=1S/C52H50N6O6/c1-3-21-61-51-45-29-57-27-41(53-55-57)31-63-49-37-15-9-16-38(49)24-34-12-8-14-36(48(34)60)26-40-18-10-17-39(25-35-13-7-11-33(23-37)47(35)59)50(40)64-32-42-28-58(56-54-42)30-46(52(51)62-22-4-2)44-20-6-5-19-43(44)45/h5-20,27-28,59-60H,3-4,21-26,29-32H2,1-2H3. The molecule has 0 amide bonds. The third-order valence-electron chi connectivity index (χ3n) is 12.1. The van der Waals surface area contributed by atoms with Gasteiger partial charge in [0, 0.05) is 36.8 Å². The summed E-state index contributed by atoms with van der Waals surface area (Å²) in [7, 11) is 0. The largest absolute Gasteiger partial charge is 0.507 e. The van der Waals surface area contributed by atoms with Crippen molar-refractivity contribution in [2.24, 2.45) is 0 Å². The van der Waals surface area contributed by atoms with Gasteiger partial charge < -0.3 is 29.2 Å². The summed E-state index contributed by atoms with van der Waals surface area (Å²) in [6.45, 7) is 6.22. The van der Waals surface area contributed by atoms with E-state index in [9.17, 15) is 10.2 Å². The first kappa shape index (κ1) is 40.7. The Balaban J connectivity index is 1.17. The predicted octanol–water partition coefficient (Wildman–Crippen LogP) is 9.26. The van der Waals surface area contributed by atoms with Crippen LogP contribution in [-0.4, -0.2) is 53.4 Å². The van der Waals surface area contributed by atoms with Gasteiger partial charge in [0.2, 0.25) is 0 Å². The zero-order chi connectivity index (χ0) is 43.6. The molecule has 12 nitrogen and oxygen atoms in total. The molecule has 324 valence electrons. The van der Waals surface area contributed by atoms with Gasteiger partial charge >= 0.3 is 0 Å². The van der Waals surface area contributed by atoms with E-state index < -0.39 is 0 Å². The van der Waals surface area contributed by atoms with Crippen LogP contribution >= 0.6 is 0 Å². The molecule has 12 heteroatoms. The van der Waals surface area contributed by atoms with Crippen LogP contribution in [0.15, 0.2) is 109 Å². The lowest BCUT2D eigenvalue weighted by Gasteiger charge is -2.22. The fourth-order valence-electron chi connectivity index (χ4n) is 9.02. The minimum atomic E-state index is 0.142. The van der Waals surface area contributed by atoms with Crippen LogP contribution in [0.2, 0.25) is 0 Å². The van der Waals surface area contributed by atoms with Crippen molar-refractivity contribution < 1.29 is 29.2 Å². The number of phenols is 2. The molecule has 0 saturated heterocycles. The van der Waals surface area contributed by atoms with Crippen molar-refractivity contribution in [3.63, 3.8) is 0 Å². The molecule has 0 spiro atoms. The van der Waals surface area contributed by atoms with E-state index in [4.69, 9.17) is 18.9 Å². The molecule has 4 aliphatic heterocycles. The van der Waals surface area contributed by atoms with E-state index in [0.29, 0.717) is 86.4 Å². The SMILES string of the molecule is CCCOc1c(OCCC)c2c3ccccc3c1Cn1cc(nn1)COc1c3cccc1Cc1cccc(c1O)Cc1cccc(c1OCc1cn(nn1)C2)Cc1cccc(c1O)C3. The number of para-hydroxylation sites is 4. The second-order valence-electron chi connectivity index (χ2n) is 16.6.